The van der Waals surface area contributed by atoms with Crippen molar-refractivity contribution in [1.29, 1.82) is 0 Å². The summed E-state index contributed by atoms with van der Waals surface area (Å²) in [6.07, 6.45) is 2.97. The molecule has 0 spiro atoms. The Bertz CT molecular complexity index is 516. The number of hydrogen-bond acceptors (Lipinski definition) is 2. The molecule has 1 atom stereocenters. The van der Waals surface area contributed by atoms with E-state index >= 15 is 0 Å². The van der Waals surface area contributed by atoms with Gasteiger partial charge in [-0.05, 0) is 37.5 Å². The van der Waals surface area contributed by atoms with E-state index in [2.05, 4.69) is 4.72 Å². The second kappa shape index (κ2) is 6.22. The first-order valence-electron chi connectivity index (χ1n) is 6.50. The van der Waals surface area contributed by atoms with E-state index in [1.165, 1.54) is 0 Å². The van der Waals surface area contributed by atoms with Crippen LogP contribution in [0.1, 0.15) is 31.7 Å². The lowest BCUT2D eigenvalue weighted by Crippen LogP contribution is -2.47. The van der Waals surface area contributed by atoms with Crippen molar-refractivity contribution in [2.45, 2.75) is 38.8 Å². The molecule has 0 radical (unpaired) electrons. The summed E-state index contributed by atoms with van der Waals surface area (Å²) in [4.78, 5) is 0. The molecule has 0 unspecified atom stereocenters. The molecule has 0 amide bonds. The summed E-state index contributed by atoms with van der Waals surface area (Å²) in [6.45, 7) is 2.86. The molecule has 1 saturated heterocycles. The average molecular weight is 303 g/mol. The summed E-state index contributed by atoms with van der Waals surface area (Å²) < 4.78 is 28.7. The van der Waals surface area contributed by atoms with Gasteiger partial charge in [-0.2, -0.15) is 17.4 Å². The van der Waals surface area contributed by atoms with Crippen LogP contribution in [0.15, 0.2) is 24.3 Å². The van der Waals surface area contributed by atoms with Crippen molar-refractivity contribution in [1.82, 2.24) is 9.03 Å². The molecule has 19 heavy (non-hydrogen) atoms. The molecule has 1 aliphatic heterocycles. The molecule has 1 aliphatic rings. The largest absolute Gasteiger partial charge is 0.279 e. The van der Waals surface area contributed by atoms with E-state index in [-0.39, 0.29) is 6.04 Å². The Kier molecular flexibility index (Phi) is 4.84. The highest BCUT2D eigenvalue weighted by atomic mass is 35.5. The summed E-state index contributed by atoms with van der Waals surface area (Å²) in [5.74, 6) is 0. The van der Waals surface area contributed by atoms with Gasteiger partial charge >= 0.3 is 0 Å². The van der Waals surface area contributed by atoms with Gasteiger partial charge in [-0.15, -0.1) is 0 Å². The SMILES string of the molecule is C[C@H]1CCCCN1S(=O)(=O)NCc1ccc(Cl)cc1. The molecule has 1 heterocycles. The van der Waals surface area contributed by atoms with Crippen molar-refractivity contribution in [3.05, 3.63) is 34.9 Å². The van der Waals surface area contributed by atoms with Crippen LogP contribution >= 0.6 is 11.6 Å². The van der Waals surface area contributed by atoms with E-state index in [9.17, 15) is 8.42 Å². The van der Waals surface area contributed by atoms with Crippen LogP contribution in [-0.2, 0) is 16.8 Å². The third kappa shape index (κ3) is 3.92. The van der Waals surface area contributed by atoms with Crippen LogP contribution in [0.5, 0.6) is 0 Å². The van der Waals surface area contributed by atoms with Crippen LogP contribution in [0.3, 0.4) is 0 Å². The van der Waals surface area contributed by atoms with Gasteiger partial charge in [-0.25, -0.2) is 0 Å². The number of piperidine rings is 1. The van der Waals surface area contributed by atoms with Crippen LogP contribution in [-0.4, -0.2) is 25.3 Å². The standard InChI is InChI=1S/C13H19ClN2O2S/c1-11-4-2-3-9-16(11)19(17,18)15-10-12-5-7-13(14)8-6-12/h5-8,11,15H,2-4,9-10H2,1H3/t11-/m0/s1. The quantitative estimate of drug-likeness (QED) is 0.929. The van der Waals surface area contributed by atoms with Gasteiger partial charge in [0.05, 0.1) is 0 Å². The molecular formula is C13H19ClN2O2S. The lowest BCUT2D eigenvalue weighted by atomic mass is 10.1. The number of rotatable bonds is 4. The zero-order valence-corrected chi connectivity index (χ0v) is 12.5. The van der Waals surface area contributed by atoms with Crippen LogP contribution in [0.25, 0.3) is 0 Å². The van der Waals surface area contributed by atoms with Crippen molar-refractivity contribution in [2.75, 3.05) is 6.54 Å². The summed E-state index contributed by atoms with van der Waals surface area (Å²) in [7, 11) is -3.39. The Morgan fingerprint density at radius 2 is 2.00 bits per heavy atom. The second-order valence-corrected chi connectivity index (χ2v) is 7.05. The summed E-state index contributed by atoms with van der Waals surface area (Å²) in [5.41, 5.74) is 0.901. The third-order valence-corrected chi connectivity index (χ3v) is 5.34. The maximum absolute atomic E-state index is 12.2. The Hall–Kier alpha value is -0.620. The maximum atomic E-state index is 12.2. The van der Waals surface area contributed by atoms with E-state index in [0.29, 0.717) is 18.1 Å². The average Bonchev–Trinajstić information content (AvgIpc) is 2.38. The van der Waals surface area contributed by atoms with Crippen LogP contribution < -0.4 is 4.72 Å². The summed E-state index contributed by atoms with van der Waals surface area (Å²) >= 11 is 5.80. The Balaban J connectivity index is 1.99. The van der Waals surface area contributed by atoms with Gasteiger partial charge in [0, 0.05) is 24.2 Å². The van der Waals surface area contributed by atoms with E-state index < -0.39 is 10.2 Å². The van der Waals surface area contributed by atoms with Gasteiger partial charge in [-0.1, -0.05) is 30.2 Å². The van der Waals surface area contributed by atoms with Gasteiger partial charge in [-0.3, -0.25) is 0 Å². The minimum absolute atomic E-state index is 0.0801. The molecule has 0 aliphatic carbocycles. The Labute approximate surface area is 119 Å². The van der Waals surface area contributed by atoms with E-state index in [1.54, 1.807) is 16.4 Å². The van der Waals surface area contributed by atoms with Gasteiger partial charge in [0.1, 0.15) is 0 Å². The fourth-order valence-corrected chi connectivity index (χ4v) is 3.88. The fraction of sp³-hybridized carbons (Fsp3) is 0.538. The van der Waals surface area contributed by atoms with Crippen molar-refractivity contribution in [3.8, 4) is 0 Å². The van der Waals surface area contributed by atoms with E-state index in [0.717, 1.165) is 24.8 Å². The zero-order chi connectivity index (χ0) is 13.9. The maximum Gasteiger partial charge on any atom is 0.279 e. The van der Waals surface area contributed by atoms with Crippen molar-refractivity contribution in [2.24, 2.45) is 0 Å². The number of halogens is 1. The first kappa shape index (κ1) is 14.8. The fourth-order valence-electron chi connectivity index (χ4n) is 2.29. The predicted octanol–water partition coefficient (Wildman–Crippen LogP) is 2.55. The highest BCUT2D eigenvalue weighted by molar-refractivity contribution is 7.87. The van der Waals surface area contributed by atoms with E-state index in [4.69, 9.17) is 11.6 Å². The molecule has 0 aromatic heterocycles. The molecule has 2 rings (SSSR count). The monoisotopic (exact) mass is 302 g/mol. The molecular weight excluding hydrogens is 284 g/mol. The molecule has 4 nitrogen and oxygen atoms in total. The van der Waals surface area contributed by atoms with E-state index in [1.807, 2.05) is 19.1 Å². The lowest BCUT2D eigenvalue weighted by Gasteiger charge is -2.32. The van der Waals surface area contributed by atoms with Gasteiger partial charge in [0.25, 0.3) is 10.2 Å². The third-order valence-electron chi connectivity index (χ3n) is 3.42. The molecule has 0 saturated carbocycles. The van der Waals surface area contributed by atoms with Crippen molar-refractivity contribution >= 4 is 21.8 Å². The molecule has 106 valence electrons. The number of nitrogens with one attached hydrogen (secondary N) is 1. The minimum atomic E-state index is -3.39. The van der Waals surface area contributed by atoms with Crippen LogP contribution in [0.4, 0.5) is 0 Å². The molecule has 1 aromatic carbocycles. The minimum Gasteiger partial charge on any atom is -0.198 e. The summed E-state index contributed by atoms with van der Waals surface area (Å²) in [5, 5.41) is 0.649. The number of benzene rings is 1. The molecule has 6 heteroatoms. The predicted molar refractivity (Wildman–Crippen MR) is 77.2 cm³/mol. The second-order valence-electron chi connectivity index (χ2n) is 4.91. The van der Waals surface area contributed by atoms with Gasteiger partial charge in [0.2, 0.25) is 0 Å². The van der Waals surface area contributed by atoms with Crippen molar-refractivity contribution in [3.63, 3.8) is 0 Å². The van der Waals surface area contributed by atoms with Gasteiger partial charge in [0.15, 0.2) is 0 Å². The summed E-state index contributed by atoms with van der Waals surface area (Å²) in [6, 6.07) is 7.25. The highest BCUT2D eigenvalue weighted by Gasteiger charge is 2.28. The normalized spacial score (nSPS) is 21.5. The Morgan fingerprint density at radius 1 is 1.32 bits per heavy atom. The molecule has 0 bridgehead atoms. The Morgan fingerprint density at radius 3 is 2.63 bits per heavy atom. The molecule has 1 N–H and O–H groups in total. The molecule has 1 fully saturated rings. The number of hydrogen-bond donors (Lipinski definition) is 1. The number of nitrogens with zero attached hydrogens (tertiary/aromatic N) is 1. The van der Waals surface area contributed by atoms with Crippen LogP contribution in [0.2, 0.25) is 5.02 Å². The lowest BCUT2D eigenvalue weighted by molar-refractivity contribution is 0.265. The van der Waals surface area contributed by atoms with Crippen LogP contribution in [0, 0.1) is 0 Å². The zero-order valence-electron chi connectivity index (χ0n) is 11.0. The highest BCUT2D eigenvalue weighted by Crippen LogP contribution is 2.19. The first-order valence-corrected chi connectivity index (χ1v) is 8.32. The van der Waals surface area contributed by atoms with Gasteiger partial charge < -0.3 is 0 Å². The first-order chi connectivity index (χ1) is 8.99. The topological polar surface area (TPSA) is 49.4 Å². The smallest absolute Gasteiger partial charge is 0.198 e. The molecule has 1 aromatic rings. The van der Waals surface area contributed by atoms with Crippen molar-refractivity contribution < 1.29 is 8.42 Å².